The summed E-state index contributed by atoms with van der Waals surface area (Å²) in [5, 5.41) is 0. The van der Waals surface area contributed by atoms with E-state index >= 15 is 0 Å². The van der Waals surface area contributed by atoms with Gasteiger partial charge in [-0.2, -0.15) is 0 Å². The number of pyridine rings is 1. The van der Waals surface area contributed by atoms with Crippen LogP contribution in [-0.4, -0.2) is 14.5 Å². The number of imidazole rings is 1. The number of hydrogen-bond donors (Lipinski definition) is 1. The standard InChI is InChI=1S/C17H20N4/c1-11-12(2)19-17(18)15-16(11)21(13(3)20-15)10-9-14-7-5-4-6-8-14/h4-8H,9-10H2,1-3H3,(H2,18,19). The van der Waals surface area contributed by atoms with Crippen molar-refractivity contribution in [2.24, 2.45) is 0 Å². The molecule has 0 unspecified atom stereocenters. The van der Waals surface area contributed by atoms with Crippen molar-refractivity contribution in [1.29, 1.82) is 0 Å². The van der Waals surface area contributed by atoms with Crippen molar-refractivity contribution in [2.75, 3.05) is 5.73 Å². The first-order valence-electron chi connectivity index (χ1n) is 7.21. The molecule has 0 spiro atoms. The van der Waals surface area contributed by atoms with Crippen LogP contribution in [0.3, 0.4) is 0 Å². The van der Waals surface area contributed by atoms with Gasteiger partial charge in [-0.25, -0.2) is 9.97 Å². The van der Waals surface area contributed by atoms with E-state index in [4.69, 9.17) is 5.73 Å². The van der Waals surface area contributed by atoms with Crippen LogP contribution in [0.4, 0.5) is 5.82 Å². The minimum absolute atomic E-state index is 0.523. The maximum atomic E-state index is 6.03. The molecule has 4 nitrogen and oxygen atoms in total. The van der Waals surface area contributed by atoms with Gasteiger partial charge in [-0.3, -0.25) is 0 Å². The van der Waals surface area contributed by atoms with Gasteiger partial charge in [0.2, 0.25) is 0 Å². The van der Waals surface area contributed by atoms with Gasteiger partial charge in [0.1, 0.15) is 11.3 Å². The van der Waals surface area contributed by atoms with Gasteiger partial charge in [0.05, 0.1) is 5.52 Å². The Balaban J connectivity index is 2.04. The molecule has 3 rings (SSSR count). The van der Waals surface area contributed by atoms with Gasteiger partial charge >= 0.3 is 0 Å². The Morgan fingerprint density at radius 2 is 1.76 bits per heavy atom. The highest BCUT2D eigenvalue weighted by molar-refractivity contribution is 5.88. The zero-order chi connectivity index (χ0) is 15.0. The number of nitrogens with two attached hydrogens (primary N) is 1. The first-order chi connectivity index (χ1) is 10.1. The SMILES string of the molecule is Cc1nc(N)c2nc(C)n(CCc3ccccc3)c2c1C. The zero-order valence-corrected chi connectivity index (χ0v) is 12.7. The highest BCUT2D eigenvalue weighted by atomic mass is 15.1. The van der Waals surface area contributed by atoms with Crippen molar-refractivity contribution in [3.8, 4) is 0 Å². The molecule has 21 heavy (non-hydrogen) atoms. The molecule has 2 heterocycles. The van der Waals surface area contributed by atoms with Gasteiger partial charge in [-0.05, 0) is 38.3 Å². The lowest BCUT2D eigenvalue weighted by Gasteiger charge is -2.10. The van der Waals surface area contributed by atoms with E-state index in [2.05, 4.69) is 45.7 Å². The molecular weight excluding hydrogens is 260 g/mol. The van der Waals surface area contributed by atoms with Crippen molar-refractivity contribution in [1.82, 2.24) is 14.5 Å². The smallest absolute Gasteiger partial charge is 0.151 e. The Labute approximate surface area is 124 Å². The zero-order valence-electron chi connectivity index (χ0n) is 12.7. The van der Waals surface area contributed by atoms with Crippen LogP contribution in [0.15, 0.2) is 30.3 Å². The second-order valence-electron chi connectivity index (χ2n) is 5.45. The minimum Gasteiger partial charge on any atom is -0.382 e. The minimum atomic E-state index is 0.523. The van der Waals surface area contributed by atoms with Crippen molar-refractivity contribution >= 4 is 16.9 Å². The van der Waals surface area contributed by atoms with Gasteiger partial charge in [-0.15, -0.1) is 0 Å². The van der Waals surface area contributed by atoms with E-state index in [-0.39, 0.29) is 0 Å². The Kier molecular flexibility index (Phi) is 3.37. The van der Waals surface area contributed by atoms with E-state index < -0.39 is 0 Å². The van der Waals surface area contributed by atoms with E-state index in [1.807, 2.05) is 19.9 Å². The maximum absolute atomic E-state index is 6.03. The van der Waals surface area contributed by atoms with Crippen molar-refractivity contribution in [3.63, 3.8) is 0 Å². The quantitative estimate of drug-likeness (QED) is 0.801. The highest BCUT2D eigenvalue weighted by Gasteiger charge is 2.15. The van der Waals surface area contributed by atoms with Crippen molar-refractivity contribution < 1.29 is 0 Å². The van der Waals surface area contributed by atoms with Crippen LogP contribution >= 0.6 is 0 Å². The first kappa shape index (κ1) is 13.6. The normalized spacial score (nSPS) is 11.2. The Morgan fingerprint density at radius 1 is 1.05 bits per heavy atom. The summed E-state index contributed by atoms with van der Waals surface area (Å²) in [6.07, 6.45) is 0.980. The van der Waals surface area contributed by atoms with E-state index in [0.29, 0.717) is 5.82 Å². The molecule has 0 aliphatic rings. The van der Waals surface area contributed by atoms with Crippen LogP contribution in [-0.2, 0) is 13.0 Å². The molecule has 4 heteroatoms. The van der Waals surface area contributed by atoms with Gasteiger partial charge in [0.15, 0.2) is 5.82 Å². The fraction of sp³-hybridized carbons (Fsp3) is 0.294. The van der Waals surface area contributed by atoms with Gasteiger partial charge < -0.3 is 10.3 Å². The molecule has 0 amide bonds. The maximum Gasteiger partial charge on any atom is 0.151 e. The molecule has 2 aromatic heterocycles. The monoisotopic (exact) mass is 280 g/mol. The molecule has 0 radical (unpaired) electrons. The van der Waals surface area contributed by atoms with E-state index in [1.54, 1.807) is 0 Å². The van der Waals surface area contributed by atoms with Crippen LogP contribution < -0.4 is 5.73 Å². The van der Waals surface area contributed by atoms with E-state index in [1.165, 1.54) is 5.56 Å². The topological polar surface area (TPSA) is 56.7 Å². The van der Waals surface area contributed by atoms with Crippen LogP contribution in [0.1, 0.15) is 22.6 Å². The number of aryl methyl sites for hydroxylation is 5. The summed E-state index contributed by atoms with van der Waals surface area (Å²) in [5.74, 6) is 1.51. The number of nitrogens with zero attached hydrogens (tertiary/aromatic N) is 3. The fourth-order valence-electron chi connectivity index (χ4n) is 2.77. The van der Waals surface area contributed by atoms with E-state index in [0.717, 1.165) is 41.1 Å². The molecule has 0 saturated carbocycles. The van der Waals surface area contributed by atoms with Crippen molar-refractivity contribution in [2.45, 2.75) is 33.7 Å². The molecule has 0 fully saturated rings. The molecule has 2 N–H and O–H groups in total. The van der Waals surface area contributed by atoms with Gasteiger partial charge in [0.25, 0.3) is 0 Å². The lowest BCUT2D eigenvalue weighted by Crippen LogP contribution is -2.05. The molecule has 0 saturated heterocycles. The number of nitrogen functional groups attached to an aromatic ring is 1. The third-order valence-corrected chi connectivity index (χ3v) is 4.05. The molecule has 1 aromatic carbocycles. The van der Waals surface area contributed by atoms with Crippen LogP contribution in [0.5, 0.6) is 0 Å². The fourth-order valence-corrected chi connectivity index (χ4v) is 2.77. The lowest BCUT2D eigenvalue weighted by atomic mass is 10.1. The van der Waals surface area contributed by atoms with E-state index in [9.17, 15) is 0 Å². The third kappa shape index (κ3) is 2.37. The van der Waals surface area contributed by atoms with Gasteiger partial charge in [0, 0.05) is 12.2 Å². The Bertz CT molecular complexity index is 788. The van der Waals surface area contributed by atoms with Crippen molar-refractivity contribution in [3.05, 3.63) is 53.0 Å². The predicted octanol–water partition coefficient (Wildman–Crippen LogP) is 3.18. The summed E-state index contributed by atoms with van der Waals surface area (Å²) < 4.78 is 2.25. The molecule has 0 atom stereocenters. The predicted molar refractivity (Wildman–Crippen MR) is 86.3 cm³/mol. The first-order valence-corrected chi connectivity index (χ1v) is 7.21. The molecule has 0 aliphatic heterocycles. The summed E-state index contributed by atoms with van der Waals surface area (Å²) in [7, 11) is 0. The lowest BCUT2D eigenvalue weighted by molar-refractivity contribution is 0.691. The molecule has 3 aromatic rings. The summed E-state index contributed by atoms with van der Waals surface area (Å²) in [4.78, 5) is 8.98. The third-order valence-electron chi connectivity index (χ3n) is 4.05. The van der Waals surface area contributed by atoms with Crippen LogP contribution in [0, 0.1) is 20.8 Å². The second kappa shape index (κ2) is 5.20. The average Bonchev–Trinajstić information content (AvgIpc) is 2.81. The summed E-state index contributed by atoms with van der Waals surface area (Å²) in [5.41, 5.74) is 11.4. The molecule has 0 aliphatic carbocycles. The number of anilines is 1. The van der Waals surface area contributed by atoms with Crippen LogP contribution in [0.2, 0.25) is 0 Å². The number of aromatic nitrogens is 3. The molecule has 0 bridgehead atoms. The summed E-state index contributed by atoms with van der Waals surface area (Å²) >= 11 is 0. The number of benzene rings is 1. The average molecular weight is 280 g/mol. The Hall–Kier alpha value is -2.36. The number of hydrogen-bond acceptors (Lipinski definition) is 3. The second-order valence-corrected chi connectivity index (χ2v) is 5.45. The molecular formula is C17H20N4. The number of rotatable bonds is 3. The van der Waals surface area contributed by atoms with Gasteiger partial charge in [-0.1, -0.05) is 30.3 Å². The number of fused-ring (bicyclic) bond motifs is 1. The van der Waals surface area contributed by atoms with Crippen LogP contribution in [0.25, 0.3) is 11.0 Å². The largest absolute Gasteiger partial charge is 0.382 e. The Morgan fingerprint density at radius 3 is 2.48 bits per heavy atom. The summed E-state index contributed by atoms with van der Waals surface area (Å²) in [6.45, 7) is 7.01. The highest BCUT2D eigenvalue weighted by Crippen LogP contribution is 2.26. The summed E-state index contributed by atoms with van der Waals surface area (Å²) in [6, 6.07) is 10.5. The molecule has 108 valence electrons.